The molecule has 1 saturated heterocycles. The summed E-state index contributed by atoms with van der Waals surface area (Å²) in [5.74, 6) is -0.283. The largest absolute Gasteiger partial charge is 0.435 e. The van der Waals surface area contributed by atoms with Crippen molar-refractivity contribution in [3.63, 3.8) is 0 Å². The molecule has 28 heavy (non-hydrogen) atoms. The molecule has 1 N–H and O–H groups in total. The van der Waals surface area contributed by atoms with Crippen LogP contribution in [0.15, 0.2) is 42.5 Å². The summed E-state index contributed by atoms with van der Waals surface area (Å²) in [7, 11) is 0. The molecule has 1 heterocycles. The number of nitrogens with one attached hydrogen (secondary N) is 1. The topological polar surface area (TPSA) is 84.7 Å². The van der Waals surface area contributed by atoms with Gasteiger partial charge in [-0.3, -0.25) is 14.9 Å². The Labute approximate surface area is 160 Å². The number of nitrogens with zero attached hydrogens (tertiary/aromatic N) is 2. The number of amides is 1. The molecule has 0 spiro atoms. The lowest BCUT2D eigenvalue weighted by molar-refractivity contribution is -0.385. The van der Waals surface area contributed by atoms with Crippen LogP contribution in [0.3, 0.4) is 0 Å². The Morgan fingerprint density at radius 3 is 2.46 bits per heavy atom. The number of rotatable bonds is 7. The molecule has 3 rings (SSSR count). The van der Waals surface area contributed by atoms with E-state index >= 15 is 0 Å². The zero-order chi connectivity index (χ0) is 20.1. The highest BCUT2D eigenvalue weighted by Gasteiger charge is 2.26. The van der Waals surface area contributed by atoms with E-state index in [1.54, 1.807) is 17.0 Å². The van der Waals surface area contributed by atoms with Gasteiger partial charge in [0.05, 0.1) is 4.92 Å². The van der Waals surface area contributed by atoms with Gasteiger partial charge in [-0.2, -0.15) is 8.78 Å². The number of hydrogen-bond acceptors (Lipinski definition) is 5. The Bertz CT molecular complexity index is 853. The van der Waals surface area contributed by atoms with Crippen LogP contribution in [0.1, 0.15) is 28.8 Å². The number of halogens is 2. The number of alkyl halides is 2. The summed E-state index contributed by atoms with van der Waals surface area (Å²) in [6.07, 6.45) is 1.78. The van der Waals surface area contributed by atoms with Crippen molar-refractivity contribution in [3.8, 4) is 5.75 Å². The van der Waals surface area contributed by atoms with Gasteiger partial charge in [0.25, 0.3) is 11.6 Å². The van der Waals surface area contributed by atoms with Crippen LogP contribution in [0.4, 0.5) is 20.2 Å². The Hall–Kier alpha value is -3.23. The predicted molar refractivity (Wildman–Crippen MR) is 98.6 cm³/mol. The van der Waals surface area contributed by atoms with Crippen molar-refractivity contribution in [2.45, 2.75) is 26.0 Å². The van der Waals surface area contributed by atoms with Gasteiger partial charge in [0.2, 0.25) is 0 Å². The number of ether oxygens (including phenoxy) is 1. The minimum atomic E-state index is -2.88. The first kappa shape index (κ1) is 19.5. The number of benzene rings is 2. The maximum atomic E-state index is 12.6. The summed E-state index contributed by atoms with van der Waals surface area (Å²) in [5.41, 5.74) is 1.18. The van der Waals surface area contributed by atoms with Crippen molar-refractivity contribution in [1.29, 1.82) is 0 Å². The van der Waals surface area contributed by atoms with Crippen LogP contribution in [0.5, 0.6) is 5.75 Å². The lowest BCUT2D eigenvalue weighted by Crippen LogP contribution is -2.28. The second kappa shape index (κ2) is 8.64. The molecule has 2 aromatic carbocycles. The summed E-state index contributed by atoms with van der Waals surface area (Å²) in [6.45, 7) is -1.33. The van der Waals surface area contributed by atoms with Crippen molar-refractivity contribution in [2.24, 2.45) is 0 Å². The molecular formula is C19H19F2N3O4. The third-order valence-corrected chi connectivity index (χ3v) is 4.46. The molecule has 1 fully saturated rings. The molecule has 0 radical (unpaired) electrons. The number of nitro benzene ring substituents is 1. The number of likely N-dealkylation sites (tertiary alicyclic amines) is 1. The standard InChI is InChI=1S/C19H19F2N3O4/c20-19(21)28-15-6-3-13(4-7-15)12-22-14-5-8-17(24(26)27)16(11-14)18(25)23-9-1-2-10-23/h3-8,11,19,22H,1-2,9-10,12H2. The molecule has 0 unspecified atom stereocenters. The van der Waals surface area contributed by atoms with Crippen LogP contribution in [-0.2, 0) is 6.54 Å². The van der Waals surface area contributed by atoms with E-state index in [-0.39, 0.29) is 22.9 Å². The van der Waals surface area contributed by atoms with Gasteiger partial charge in [-0.15, -0.1) is 0 Å². The zero-order valence-electron chi connectivity index (χ0n) is 14.9. The van der Waals surface area contributed by atoms with E-state index in [1.165, 1.54) is 30.3 Å². The Kier molecular flexibility index (Phi) is 6.03. The second-order valence-electron chi connectivity index (χ2n) is 6.36. The zero-order valence-corrected chi connectivity index (χ0v) is 14.9. The fourth-order valence-corrected chi connectivity index (χ4v) is 3.06. The van der Waals surface area contributed by atoms with Crippen LogP contribution >= 0.6 is 0 Å². The van der Waals surface area contributed by atoms with Crippen LogP contribution in [0.2, 0.25) is 0 Å². The van der Waals surface area contributed by atoms with Gasteiger partial charge in [-0.25, -0.2) is 0 Å². The molecule has 1 aliphatic heterocycles. The lowest BCUT2D eigenvalue weighted by Gasteiger charge is -2.16. The van der Waals surface area contributed by atoms with Crippen molar-refractivity contribution in [2.75, 3.05) is 18.4 Å². The molecule has 0 atom stereocenters. The first-order valence-corrected chi connectivity index (χ1v) is 8.79. The maximum Gasteiger partial charge on any atom is 0.387 e. The predicted octanol–water partition coefficient (Wildman–Crippen LogP) is 4.04. The lowest BCUT2D eigenvalue weighted by atomic mass is 10.1. The average Bonchev–Trinajstić information content (AvgIpc) is 3.21. The van der Waals surface area contributed by atoms with E-state index in [0.29, 0.717) is 25.3 Å². The van der Waals surface area contributed by atoms with Crippen molar-refractivity contribution in [3.05, 3.63) is 63.7 Å². The highest BCUT2D eigenvalue weighted by atomic mass is 19.3. The molecule has 0 bridgehead atoms. The first-order chi connectivity index (χ1) is 13.4. The van der Waals surface area contributed by atoms with Gasteiger partial charge < -0.3 is 15.0 Å². The first-order valence-electron chi connectivity index (χ1n) is 8.79. The molecular weight excluding hydrogens is 372 g/mol. The number of carbonyl (C=O) groups is 1. The van der Waals surface area contributed by atoms with E-state index in [0.717, 1.165) is 18.4 Å². The molecule has 7 nitrogen and oxygen atoms in total. The van der Waals surface area contributed by atoms with Gasteiger partial charge in [-0.05, 0) is 42.7 Å². The van der Waals surface area contributed by atoms with E-state index < -0.39 is 11.5 Å². The smallest absolute Gasteiger partial charge is 0.387 e. The van der Waals surface area contributed by atoms with Gasteiger partial charge >= 0.3 is 6.61 Å². The summed E-state index contributed by atoms with van der Waals surface area (Å²) in [4.78, 5) is 25.0. The molecule has 148 valence electrons. The fourth-order valence-electron chi connectivity index (χ4n) is 3.06. The number of carbonyl (C=O) groups excluding carboxylic acids is 1. The van der Waals surface area contributed by atoms with Gasteiger partial charge in [0, 0.05) is 31.4 Å². The minimum Gasteiger partial charge on any atom is -0.435 e. The molecule has 9 heteroatoms. The number of anilines is 1. The average molecular weight is 391 g/mol. The fraction of sp³-hybridized carbons (Fsp3) is 0.316. The normalized spacial score (nSPS) is 13.6. The van der Waals surface area contributed by atoms with E-state index in [2.05, 4.69) is 10.1 Å². The number of hydrogen-bond donors (Lipinski definition) is 1. The van der Waals surface area contributed by atoms with E-state index in [4.69, 9.17) is 0 Å². The van der Waals surface area contributed by atoms with Crippen molar-refractivity contribution in [1.82, 2.24) is 4.90 Å². The Balaban J connectivity index is 1.72. The third-order valence-electron chi connectivity index (χ3n) is 4.46. The Morgan fingerprint density at radius 2 is 1.86 bits per heavy atom. The quantitative estimate of drug-likeness (QED) is 0.569. The van der Waals surface area contributed by atoms with Crippen LogP contribution in [0, 0.1) is 10.1 Å². The van der Waals surface area contributed by atoms with Gasteiger partial charge in [-0.1, -0.05) is 12.1 Å². The SMILES string of the molecule is O=C(c1cc(NCc2ccc(OC(F)F)cc2)ccc1[N+](=O)[O-])N1CCCC1. The molecule has 0 saturated carbocycles. The third kappa shape index (κ3) is 4.73. The summed E-state index contributed by atoms with van der Waals surface area (Å²) in [6, 6.07) is 10.5. The maximum absolute atomic E-state index is 12.6. The van der Waals surface area contributed by atoms with Gasteiger partial charge in [0.1, 0.15) is 11.3 Å². The van der Waals surface area contributed by atoms with Crippen LogP contribution < -0.4 is 10.1 Å². The highest BCUT2D eigenvalue weighted by Crippen LogP contribution is 2.26. The molecule has 0 aliphatic carbocycles. The van der Waals surface area contributed by atoms with Crippen molar-refractivity contribution < 1.29 is 23.2 Å². The molecule has 1 aliphatic rings. The highest BCUT2D eigenvalue weighted by molar-refractivity contribution is 5.99. The van der Waals surface area contributed by atoms with E-state index in [9.17, 15) is 23.7 Å². The van der Waals surface area contributed by atoms with E-state index in [1.807, 2.05) is 0 Å². The molecule has 2 aromatic rings. The van der Waals surface area contributed by atoms with Crippen LogP contribution in [-0.4, -0.2) is 35.4 Å². The minimum absolute atomic E-state index is 0.0533. The second-order valence-corrected chi connectivity index (χ2v) is 6.36. The monoisotopic (exact) mass is 391 g/mol. The van der Waals surface area contributed by atoms with Crippen LogP contribution in [0.25, 0.3) is 0 Å². The molecule has 0 aromatic heterocycles. The summed E-state index contributed by atoms with van der Waals surface area (Å²) >= 11 is 0. The van der Waals surface area contributed by atoms with Crippen molar-refractivity contribution >= 4 is 17.3 Å². The molecule has 1 amide bonds. The number of nitro groups is 1. The van der Waals surface area contributed by atoms with Gasteiger partial charge in [0.15, 0.2) is 0 Å². The summed E-state index contributed by atoms with van der Waals surface area (Å²) < 4.78 is 28.7. The Morgan fingerprint density at radius 1 is 1.18 bits per heavy atom. The summed E-state index contributed by atoms with van der Waals surface area (Å²) in [5, 5.41) is 14.4.